The highest BCUT2D eigenvalue weighted by molar-refractivity contribution is 6.24. The molecule has 2 aliphatic heterocycles. The molecule has 5 rings (SSSR count). The molecule has 0 spiro atoms. The quantitative estimate of drug-likeness (QED) is 0.523. The fourth-order valence-corrected chi connectivity index (χ4v) is 4.89. The number of para-hydroxylation sites is 1. The van der Waals surface area contributed by atoms with Crippen LogP contribution in [0.25, 0.3) is 0 Å². The minimum absolute atomic E-state index is 0.0196. The maximum atomic E-state index is 13.8. The van der Waals surface area contributed by atoms with Crippen molar-refractivity contribution in [3.63, 3.8) is 0 Å². The van der Waals surface area contributed by atoms with Crippen LogP contribution in [0, 0.1) is 12.8 Å². The monoisotopic (exact) mass is 488 g/mol. The van der Waals surface area contributed by atoms with Crippen molar-refractivity contribution in [1.82, 2.24) is 0 Å². The van der Waals surface area contributed by atoms with Gasteiger partial charge in [0.2, 0.25) is 5.91 Å². The fourth-order valence-electron chi connectivity index (χ4n) is 4.89. The number of hydrogen-bond acceptors (Lipinski definition) is 7. The summed E-state index contributed by atoms with van der Waals surface area (Å²) in [7, 11) is 2.76. The third kappa shape index (κ3) is 3.56. The molecule has 2 fully saturated rings. The molecule has 0 radical (unpaired) electrons. The average Bonchev–Trinajstić information content (AvgIpc) is 3.39. The third-order valence-electron chi connectivity index (χ3n) is 6.53. The first kappa shape index (κ1) is 23.4. The number of carbonyl (C=O) groups is 3. The van der Waals surface area contributed by atoms with Crippen LogP contribution < -0.4 is 19.4 Å². The van der Waals surface area contributed by atoms with E-state index in [0.29, 0.717) is 11.4 Å². The number of aromatic carboxylic acids is 1. The van der Waals surface area contributed by atoms with Gasteiger partial charge in [-0.2, -0.15) is 0 Å². The van der Waals surface area contributed by atoms with Gasteiger partial charge in [-0.25, -0.2) is 14.8 Å². The molecule has 3 aromatic carbocycles. The van der Waals surface area contributed by atoms with E-state index in [1.807, 2.05) is 25.1 Å². The molecule has 0 unspecified atom stereocenters. The Kier molecular flexibility index (Phi) is 5.85. The number of hydroxylamine groups is 1. The molecule has 0 aliphatic carbocycles. The minimum Gasteiger partial charge on any atom is -0.493 e. The normalized spacial score (nSPS) is 21.0. The van der Waals surface area contributed by atoms with Gasteiger partial charge >= 0.3 is 5.97 Å². The predicted molar refractivity (Wildman–Crippen MR) is 130 cm³/mol. The highest BCUT2D eigenvalue weighted by atomic mass is 16.7. The lowest BCUT2D eigenvalue weighted by molar-refractivity contribution is -0.126. The fraction of sp³-hybridized carbons (Fsp3) is 0.222. The summed E-state index contributed by atoms with van der Waals surface area (Å²) < 4.78 is 10.7. The predicted octanol–water partition coefficient (Wildman–Crippen LogP) is 3.76. The average molecular weight is 488 g/mol. The van der Waals surface area contributed by atoms with Crippen LogP contribution >= 0.6 is 0 Å². The smallest absolute Gasteiger partial charge is 0.339 e. The van der Waals surface area contributed by atoms with E-state index >= 15 is 0 Å². The number of imide groups is 1. The number of aryl methyl sites for hydroxylation is 1. The number of benzene rings is 3. The lowest BCUT2D eigenvalue weighted by Crippen LogP contribution is -2.37. The van der Waals surface area contributed by atoms with Crippen molar-refractivity contribution in [2.75, 3.05) is 24.2 Å². The molecular formula is C27H24N2O7. The Bertz CT molecular complexity index is 1340. The number of anilines is 2. The van der Waals surface area contributed by atoms with Gasteiger partial charge in [0.1, 0.15) is 11.5 Å². The molecule has 0 saturated carbocycles. The van der Waals surface area contributed by atoms with Gasteiger partial charge in [0.25, 0.3) is 5.91 Å². The largest absolute Gasteiger partial charge is 0.493 e. The first-order valence-corrected chi connectivity index (χ1v) is 11.3. The summed E-state index contributed by atoms with van der Waals surface area (Å²) in [6, 6.07) is 18.2. The summed E-state index contributed by atoms with van der Waals surface area (Å²) in [5, 5.41) is 11.6. The van der Waals surface area contributed by atoms with E-state index in [1.165, 1.54) is 19.3 Å². The zero-order chi connectivity index (χ0) is 25.6. The Morgan fingerprint density at radius 1 is 0.889 bits per heavy atom. The summed E-state index contributed by atoms with van der Waals surface area (Å²) >= 11 is 0. The topological polar surface area (TPSA) is 106 Å². The van der Waals surface area contributed by atoms with Crippen LogP contribution in [-0.4, -0.2) is 43.2 Å². The van der Waals surface area contributed by atoms with Gasteiger partial charge < -0.3 is 14.6 Å². The molecule has 9 heteroatoms. The molecule has 3 atom stereocenters. The second-order valence-electron chi connectivity index (χ2n) is 8.58. The number of ether oxygens (including phenoxy) is 2. The molecule has 184 valence electrons. The number of hydrogen-bond donors (Lipinski definition) is 1. The van der Waals surface area contributed by atoms with Gasteiger partial charge in [0, 0.05) is 0 Å². The number of rotatable bonds is 6. The van der Waals surface area contributed by atoms with Crippen molar-refractivity contribution in [3.05, 3.63) is 83.4 Å². The standard InChI is InChI=1S/C27H24N2O7/c1-15-9-11-16(12-10-15)28-25(30)21-22(18-13-14-19(34-2)23(35-3)20(18)27(32)33)29(36-24(21)26(28)31)17-7-5-4-6-8-17/h4-14,21-22,24H,1-3H3,(H,32,33)/t21-,22-,24-/m0/s1. The van der Waals surface area contributed by atoms with Gasteiger partial charge in [0.05, 0.1) is 31.6 Å². The molecule has 2 aliphatic rings. The number of carboxylic acids is 1. The minimum atomic E-state index is -1.26. The molecule has 2 saturated heterocycles. The van der Waals surface area contributed by atoms with E-state index in [4.69, 9.17) is 14.3 Å². The lowest BCUT2D eigenvalue weighted by atomic mass is 9.87. The Morgan fingerprint density at radius 3 is 2.19 bits per heavy atom. The van der Waals surface area contributed by atoms with Crippen molar-refractivity contribution >= 4 is 29.2 Å². The molecule has 1 N–H and O–H groups in total. The van der Waals surface area contributed by atoms with Crippen molar-refractivity contribution < 1.29 is 33.8 Å². The number of methoxy groups -OCH3 is 2. The van der Waals surface area contributed by atoms with Crippen molar-refractivity contribution in [1.29, 1.82) is 0 Å². The number of carbonyl (C=O) groups excluding carboxylic acids is 2. The Balaban J connectivity index is 1.68. The van der Waals surface area contributed by atoms with E-state index < -0.39 is 35.8 Å². The maximum Gasteiger partial charge on any atom is 0.339 e. The maximum absolute atomic E-state index is 13.8. The van der Waals surface area contributed by atoms with Crippen molar-refractivity contribution in [2.24, 2.45) is 5.92 Å². The van der Waals surface area contributed by atoms with Crippen LogP contribution in [0.5, 0.6) is 11.5 Å². The van der Waals surface area contributed by atoms with E-state index in [2.05, 4.69) is 0 Å². The summed E-state index contributed by atoms with van der Waals surface area (Å²) in [5.74, 6) is -2.97. The zero-order valence-corrected chi connectivity index (χ0v) is 19.9. The van der Waals surface area contributed by atoms with Crippen LogP contribution in [0.3, 0.4) is 0 Å². The first-order valence-electron chi connectivity index (χ1n) is 11.3. The summed E-state index contributed by atoms with van der Waals surface area (Å²) in [6.45, 7) is 1.91. The van der Waals surface area contributed by atoms with E-state index in [1.54, 1.807) is 48.5 Å². The zero-order valence-electron chi connectivity index (χ0n) is 19.9. The Hall–Kier alpha value is -4.37. The van der Waals surface area contributed by atoms with Gasteiger partial charge in [-0.15, -0.1) is 0 Å². The molecule has 36 heavy (non-hydrogen) atoms. The van der Waals surface area contributed by atoms with Gasteiger partial charge in [-0.3, -0.25) is 14.4 Å². The summed E-state index contributed by atoms with van der Waals surface area (Å²) in [4.78, 5) is 47.0. The second-order valence-corrected chi connectivity index (χ2v) is 8.58. The van der Waals surface area contributed by atoms with Crippen LogP contribution in [0.1, 0.15) is 27.5 Å². The lowest BCUT2D eigenvalue weighted by Gasteiger charge is -2.30. The van der Waals surface area contributed by atoms with Crippen LogP contribution in [0.15, 0.2) is 66.7 Å². The second kappa shape index (κ2) is 9.01. The van der Waals surface area contributed by atoms with Gasteiger partial charge in [0.15, 0.2) is 17.6 Å². The molecule has 2 amide bonds. The Morgan fingerprint density at radius 2 is 1.58 bits per heavy atom. The number of fused-ring (bicyclic) bond motifs is 1. The summed E-state index contributed by atoms with van der Waals surface area (Å²) in [5.41, 5.74) is 2.10. The summed E-state index contributed by atoms with van der Waals surface area (Å²) in [6.07, 6.45) is -1.13. The van der Waals surface area contributed by atoms with Crippen LogP contribution in [0.4, 0.5) is 11.4 Å². The SMILES string of the molecule is COc1ccc([C@H]2[C@@H]3C(=O)N(c4ccc(C)cc4)C(=O)[C@H]3ON2c2ccccc2)c(C(=O)O)c1OC. The van der Waals surface area contributed by atoms with Crippen molar-refractivity contribution in [2.45, 2.75) is 19.1 Å². The van der Waals surface area contributed by atoms with Crippen LogP contribution in [-0.2, 0) is 14.4 Å². The highest BCUT2D eigenvalue weighted by Gasteiger charge is 2.61. The molecule has 0 aromatic heterocycles. The number of nitrogens with zero attached hydrogens (tertiary/aromatic N) is 2. The van der Waals surface area contributed by atoms with E-state index in [0.717, 1.165) is 10.5 Å². The molecule has 2 heterocycles. The molecule has 9 nitrogen and oxygen atoms in total. The first-order chi connectivity index (χ1) is 17.4. The van der Waals surface area contributed by atoms with Gasteiger partial charge in [-0.05, 0) is 42.8 Å². The highest BCUT2D eigenvalue weighted by Crippen LogP contribution is 2.50. The van der Waals surface area contributed by atoms with Crippen molar-refractivity contribution in [3.8, 4) is 11.5 Å². The molecular weight excluding hydrogens is 464 g/mol. The van der Waals surface area contributed by atoms with E-state index in [-0.39, 0.29) is 22.6 Å². The number of amides is 2. The Labute approximate surface area is 207 Å². The van der Waals surface area contributed by atoms with E-state index in [9.17, 15) is 19.5 Å². The van der Waals surface area contributed by atoms with Crippen LogP contribution in [0.2, 0.25) is 0 Å². The molecule has 3 aromatic rings. The number of carboxylic acid groups (broad SMARTS) is 1. The third-order valence-corrected chi connectivity index (χ3v) is 6.53. The molecule has 0 bridgehead atoms. The van der Waals surface area contributed by atoms with Gasteiger partial charge in [-0.1, -0.05) is 42.0 Å².